The van der Waals surface area contributed by atoms with E-state index in [4.69, 9.17) is 5.21 Å². The van der Waals surface area contributed by atoms with Crippen LogP contribution in [0, 0.1) is 0 Å². The Morgan fingerprint density at radius 2 is 2.18 bits per heavy atom. The summed E-state index contributed by atoms with van der Waals surface area (Å²) in [5.41, 5.74) is 0. The Balaban J connectivity index is 0.000000112. The molecule has 0 spiro atoms. The van der Waals surface area contributed by atoms with E-state index >= 15 is 0 Å². The zero-order valence-electron chi connectivity index (χ0n) is 5.75. The van der Waals surface area contributed by atoms with Crippen LogP contribution in [-0.4, -0.2) is 25.3 Å². The number of H-pyrrole nitrogens is 1. The SMILES string of the molecule is On1cccn1.c1cn[nH]c1. The Kier molecular flexibility index (Phi) is 2.73. The molecule has 2 rings (SSSR count). The molecular weight excluding hydrogens is 144 g/mol. The van der Waals surface area contributed by atoms with Crippen molar-refractivity contribution in [2.45, 2.75) is 0 Å². The van der Waals surface area contributed by atoms with Crippen molar-refractivity contribution in [3.8, 4) is 0 Å². The molecule has 0 aliphatic heterocycles. The number of hydrogen-bond donors (Lipinski definition) is 2. The lowest BCUT2D eigenvalue weighted by Crippen LogP contribution is -1.86. The van der Waals surface area contributed by atoms with E-state index in [9.17, 15) is 0 Å². The van der Waals surface area contributed by atoms with Gasteiger partial charge in [0, 0.05) is 12.4 Å². The molecule has 2 heterocycles. The quantitative estimate of drug-likeness (QED) is 0.541. The molecule has 2 N–H and O–H groups in total. The van der Waals surface area contributed by atoms with Crippen molar-refractivity contribution < 1.29 is 5.21 Å². The number of nitrogens with one attached hydrogen (secondary N) is 1. The molecule has 0 atom stereocenters. The normalized spacial score (nSPS) is 8.36. The zero-order chi connectivity index (χ0) is 7.94. The fraction of sp³-hybridized carbons (Fsp3) is 0. The van der Waals surface area contributed by atoms with Gasteiger partial charge in [-0.3, -0.25) is 5.10 Å². The molecule has 2 aromatic heterocycles. The summed E-state index contributed by atoms with van der Waals surface area (Å²) >= 11 is 0. The maximum atomic E-state index is 8.28. The summed E-state index contributed by atoms with van der Waals surface area (Å²) in [6.07, 6.45) is 6.40. The van der Waals surface area contributed by atoms with Crippen molar-refractivity contribution in [1.82, 2.24) is 20.1 Å². The molecule has 0 fully saturated rings. The van der Waals surface area contributed by atoms with E-state index in [0.717, 1.165) is 4.85 Å². The van der Waals surface area contributed by atoms with Gasteiger partial charge in [-0.05, 0) is 12.1 Å². The van der Waals surface area contributed by atoms with Gasteiger partial charge in [-0.15, -0.1) is 9.94 Å². The third kappa shape index (κ3) is 3.04. The summed E-state index contributed by atoms with van der Waals surface area (Å²) in [7, 11) is 0. The number of aromatic nitrogens is 4. The summed E-state index contributed by atoms with van der Waals surface area (Å²) in [5.74, 6) is 0. The third-order valence-electron chi connectivity index (χ3n) is 0.896. The molecule has 2 aromatic rings. The first-order valence-corrected chi connectivity index (χ1v) is 3.02. The van der Waals surface area contributed by atoms with Crippen molar-refractivity contribution in [1.29, 1.82) is 0 Å². The first-order valence-electron chi connectivity index (χ1n) is 3.02. The van der Waals surface area contributed by atoms with Gasteiger partial charge in [0.15, 0.2) is 0 Å². The zero-order valence-corrected chi connectivity index (χ0v) is 5.75. The van der Waals surface area contributed by atoms with E-state index < -0.39 is 0 Å². The van der Waals surface area contributed by atoms with Crippen LogP contribution in [0.1, 0.15) is 0 Å². The van der Waals surface area contributed by atoms with Crippen molar-refractivity contribution >= 4 is 0 Å². The minimum atomic E-state index is 0.750. The molecule has 11 heavy (non-hydrogen) atoms. The third-order valence-corrected chi connectivity index (χ3v) is 0.896. The molecule has 0 aliphatic rings. The lowest BCUT2D eigenvalue weighted by molar-refractivity contribution is 0.149. The highest BCUT2D eigenvalue weighted by Gasteiger charge is 1.71. The van der Waals surface area contributed by atoms with Crippen LogP contribution in [0.3, 0.4) is 0 Å². The van der Waals surface area contributed by atoms with E-state index in [0.29, 0.717) is 0 Å². The van der Waals surface area contributed by atoms with Crippen LogP contribution in [-0.2, 0) is 0 Å². The number of nitrogens with zero attached hydrogens (tertiary/aromatic N) is 3. The first kappa shape index (κ1) is 7.33. The van der Waals surface area contributed by atoms with Crippen molar-refractivity contribution in [2.24, 2.45) is 0 Å². The Morgan fingerprint density at radius 1 is 1.27 bits per heavy atom. The van der Waals surface area contributed by atoms with Crippen molar-refractivity contribution in [3.63, 3.8) is 0 Å². The molecule has 0 saturated heterocycles. The average molecular weight is 152 g/mol. The molecule has 0 saturated carbocycles. The molecule has 58 valence electrons. The fourth-order valence-electron chi connectivity index (χ4n) is 0.476. The Labute approximate surface area is 63.2 Å². The second kappa shape index (κ2) is 4.10. The van der Waals surface area contributed by atoms with Crippen LogP contribution in [0.15, 0.2) is 36.9 Å². The largest absolute Gasteiger partial charge is 0.412 e. The maximum absolute atomic E-state index is 8.28. The van der Waals surface area contributed by atoms with Gasteiger partial charge in [0.1, 0.15) is 0 Å². The summed E-state index contributed by atoms with van der Waals surface area (Å²) in [6, 6.07) is 3.47. The summed E-state index contributed by atoms with van der Waals surface area (Å²) in [6.45, 7) is 0. The topological polar surface area (TPSA) is 66.7 Å². The van der Waals surface area contributed by atoms with Gasteiger partial charge in [0.2, 0.25) is 0 Å². The van der Waals surface area contributed by atoms with E-state index in [2.05, 4.69) is 15.3 Å². The van der Waals surface area contributed by atoms with E-state index in [1.807, 2.05) is 6.07 Å². The molecule has 5 nitrogen and oxygen atoms in total. The molecule has 0 aromatic carbocycles. The number of hydrogen-bond acceptors (Lipinski definition) is 3. The molecular formula is C6H8N4O. The lowest BCUT2D eigenvalue weighted by Gasteiger charge is -1.76. The molecule has 5 heteroatoms. The van der Waals surface area contributed by atoms with Crippen molar-refractivity contribution in [3.05, 3.63) is 36.9 Å². The van der Waals surface area contributed by atoms with Gasteiger partial charge in [-0.1, -0.05) is 0 Å². The van der Waals surface area contributed by atoms with Crippen LogP contribution in [0.2, 0.25) is 0 Å². The summed E-state index contributed by atoms with van der Waals surface area (Å²) in [4.78, 5) is 0.750. The first-order chi connectivity index (χ1) is 5.39. The second-order valence-electron chi connectivity index (χ2n) is 1.69. The monoisotopic (exact) mass is 152 g/mol. The highest BCUT2D eigenvalue weighted by atomic mass is 16.5. The number of aromatic amines is 1. The highest BCUT2D eigenvalue weighted by molar-refractivity contribution is 4.74. The lowest BCUT2D eigenvalue weighted by atomic mass is 10.8. The standard InChI is InChI=1S/C3H4N2O.C3H4N2/c6-5-3-1-2-4-5;1-2-4-5-3-1/h1-3,6H;1-3H,(H,4,5). The van der Waals surface area contributed by atoms with Gasteiger partial charge >= 0.3 is 0 Å². The molecule has 0 radical (unpaired) electrons. The van der Waals surface area contributed by atoms with Gasteiger partial charge in [-0.25, -0.2) is 0 Å². The smallest absolute Gasteiger partial charge is 0.0664 e. The second-order valence-corrected chi connectivity index (χ2v) is 1.69. The predicted molar refractivity (Wildman–Crippen MR) is 38.0 cm³/mol. The minimum absolute atomic E-state index is 0.750. The average Bonchev–Trinajstić information content (AvgIpc) is 2.57. The van der Waals surface area contributed by atoms with E-state index in [1.165, 1.54) is 12.4 Å². The summed E-state index contributed by atoms with van der Waals surface area (Å²) < 4.78 is 0. The number of rotatable bonds is 0. The van der Waals surface area contributed by atoms with E-state index in [-0.39, 0.29) is 0 Å². The molecule has 0 aliphatic carbocycles. The van der Waals surface area contributed by atoms with E-state index in [1.54, 1.807) is 18.5 Å². The van der Waals surface area contributed by atoms with Crippen LogP contribution < -0.4 is 0 Å². The highest BCUT2D eigenvalue weighted by Crippen LogP contribution is 1.72. The van der Waals surface area contributed by atoms with Crippen LogP contribution in [0.5, 0.6) is 0 Å². The van der Waals surface area contributed by atoms with Gasteiger partial charge in [0.25, 0.3) is 0 Å². The maximum Gasteiger partial charge on any atom is 0.0664 e. The van der Waals surface area contributed by atoms with Crippen LogP contribution in [0.25, 0.3) is 0 Å². The Hall–Kier alpha value is -1.78. The van der Waals surface area contributed by atoms with Gasteiger partial charge in [-0.2, -0.15) is 5.10 Å². The van der Waals surface area contributed by atoms with Gasteiger partial charge < -0.3 is 5.21 Å². The van der Waals surface area contributed by atoms with Crippen molar-refractivity contribution in [2.75, 3.05) is 0 Å². The molecule has 0 unspecified atom stereocenters. The minimum Gasteiger partial charge on any atom is -0.412 e. The Morgan fingerprint density at radius 3 is 2.36 bits per heavy atom. The van der Waals surface area contributed by atoms with Crippen LogP contribution in [0.4, 0.5) is 0 Å². The molecule has 0 amide bonds. The van der Waals surface area contributed by atoms with Crippen LogP contribution >= 0.6 is 0 Å². The fourth-order valence-corrected chi connectivity index (χ4v) is 0.476. The predicted octanol–water partition coefficient (Wildman–Crippen LogP) is 0.530. The molecule has 0 bridgehead atoms. The summed E-state index contributed by atoms with van der Waals surface area (Å²) in [5, 5.41) is 17.9. The Bertz CT molecular complexity index is 233. The van der Waals surface area contributed by atoms with Gasteiger partial charge in [0.05, 0.1) is 12.4 Å².